The molecule has 1 amide bonds. The molecule has 7 nitrogen and oxygen atoms in total. The molecule has 4 rings (SSSR count). The first-order valence-corrected chi connectivity index (χ1v) is 9.18. The van der Waals surface area contributed by atoms with E-state index >= 15 is 0 Å². The van der Waals surface area contributed by atoms with Crippen LogP contribution in [0.15, 0.2) is 35.1 Å². The third-order valence-corrected chi connectivity index (χ3v) is 5.12. The van der Waals surface area contributed by atoms with Gasteiger partial charge in [0.05, 0.1) is 28.7 Å². The molecule has 0 bridgehead atoms. The molecular formula is C20H23N5O2. The zero-order valence-electron chi connectivity index (χ0n) is 15.8. The summed E-state index contributed by atoms with van der Waals surface area (Å²) in [6, 6.07) is 6.06. The first kappa shape index (κ1) is 17.5. The highest BCUT2D eigenvalue weighted by Gasteiger charge is 2.28. The van der Waals surface area contributed by atoms with Crippen molar-refractivity contribution in [2.75, 3.05) is 13.1 Å². The van der Waals surface area contributed by atoms with E-state index in [1.165, 1.54) is 0 Å². The lowest BCUT2D eigenvalue weighted by atomic mass is 10.0. The minimum Gasteiger partial charge on any atom is -0.361 e. The molecule has 0 spiro atoms. The molecule has 1 atom stereocenters. The number of likely N-dealkylation sites (tertiary alicyclic amines) is 1. The van der Waals surface area contributed by atoms with Gasteiger partial charge in [-0.25, -0.2) is 0 Å². The van der Waals surface area contributed by atoms with E-state index in [0.29, 0.717) is 11.5 Å². The Morgan fingerprint density at radius 2 is 2.19 bits per heavy atom. The lowest BCUT2D eigenvalue weighted by Gasteiger charge is -2.15. The lowest BCUT2D eigenvalue weighted by Crippen LogP contribution is -2.28. The molecule has 0 N–H and O–H groups in total. The van der Waals surface area contributed by atoms with Crippen molar-refractivity contribution in [1.29, 1.82) is 0 Å². The van der Waals surface area contributed by atoms with E-state index in [-0.39, 0.29) is 5.91 Å². The van der Waals surface area contributed by atoms with Crippen molar-refractivity contribution in [2.24, 2.45) is 13.0 Å². The average Bonchev–Trinajstić information content (AvgIpc) is 3.36. The Morgan fingerprint density at radius 1 is 1.33 bits per heavy atom. The van der Waals surface area contributed by atoms with Gasteiger partial charge in [0.15, 0.2) is 0 Å². The average molecular weight is 365 g/mol. The van der Waals surface area contributed by atoms with Crippen molar-refractivity contribution < 1.29 is 9.32 Å². The largest absolute Gasteiger partial charge is 0.361 e. The molecule has 1 fully saturated rings. The van der Waals surface area contributed by atoms with Gasteiger partial charge in [0.25, 0.3) is 5.91 Å². The van der Waals surface area contributed by atoms with Gasteiger partial charge in [-0.2, -0.15) is 5.10 Å². The number of aromatic nitrogens is 4. The smallest absolute Gasteiger partial charge is 0.257 e. The highest BCUT2D eigenvalue weighted by atomic mass is 16.5. The van der Waals surface area contributed by atoms with Crippen LogP contribution >= 0.6 is 0 Å². The number of carbonyl (C=O) groups is 1. The molecule has 1 saturated heterocycles. The van der Waals surface area contributed by atoms with Gasteiger partial charge in [-0.3, -0.25) is 14.5 Å². The maximum absolute atomic E-state index is 12.6. The predicted molar refractivity (Wildman–Crippen MR) is 100 cm³/mol. The van der Waals surface area contributed by atoms with Gasteiger partial charge in [0.1, 0.15) is 5.76 Å². The lowest BCUT2D eigenvalue weighted by molar-refractivity contribution is 0.0787. The summed E-state index contributed by atoms with van der Waals surface area (Å²) in [4.78, 5) is 19.3. The highest BCUT2D eigenvalue weighted by molar-refractivity contribution is 5.93. The van der Waals surface area contributed by atoms with E-state index in [4.69, 9.17) is 9.51 Å². The van der Waals surface area contributed by atoms with Crippen LogP contribution in [-0.4, -0.2) is 43.8 Å². The summed E-state index contributed by atoms with van der Waals surface area (Å²) in [5, 5.41) is 8.11. The zero-order valence-corrected chi connectivity index (χ0v) is 15.8. The summed E-state index contributed by atoms with van der Waals surface area (Å²) in [7, 11) is 1.82. The summed E-state index contributed by atoms with van der Waals surface area (Å²) in [5.74, 6) is 1.26. The molecule has 0 aliphatic carbocycles. The number of aryl methyl sites for hydroxylation is 3. The first-order chi connectivity index (χ1) is 13.0. The van der Waals surface area contributed by atoms with Gasteiger partial charge in [-0.15, -0.1) is 0 Å². The second-order valence-corrected chi connectivity index (χ2v) is 7.23. The molecule has 0 radical (unpaired) electrons. The predicted octanol–water partition coefficient (Wildman–Crippen LogP) is 2.79. The summed E-state index contributed by atoms with van der Waals surface area (Å²) < 4.78 is 6.92. The van der Waals surface area contributed by atoms with E-state index in [2.05, 4.69) is 10.3 Å². The summed E-state index contributed by atoms with van der Waals surface area (Å²) in [5.41, 5.74) is 4.40. The third kappa shape index (κ3) is 3.49. The molecule has 7 heteroatoms. The van der Waals surface area contributed by atoms with Crippen LogP contribution < -0.4 is 0 Å². The SMILES string of the molecule is Cc1noc(C)c1-c1cccc(C[C@@H]2CCN(C(=O)c3cnn(C)c3)C2)n1. The molecule has 4 heterocycles. The van der Waals surface area contributed by atoms with Crippen LogP contribution in [0.2, 0.25) is 0 Å². The Kier molecular flexibility index (Phi) is 4.51. The van der Waals surface area contributed by atoms with Crippen LogP contribution in [0, 0.1) is 19.8 Å². The van der Waals surface area contributed by atoms with Crippen LogP contribution in [0.25, 0.3) is 11.3 Å². The normalized spacial score (nSPS) is 16.9. The van der Waals surface area contributed by atoms with Gasteiger partial charge in [-0.1, -0.05) is 11.2 Å². The van der Waals surface area contributed by atoms with Crippen molar-refractivity contribution in [2.45, 2.75) is 26.7 Å². The fourth-order valence-electron chi connectivity index (χ4n) is 3.77. The van der Waals surface area contributed by atoms with E-state index in [1.807, 2.05) is 44.0 Å². The van der Waals surface area contributed by atoms with Crippen LogP contribution in [0.1, 0.15) is 33.9 Å². The van der Waals surface area contributed by atoms with Crippen LogP contribution in [0.3, 0.4) is 0 Å². The van der Waals surface area contributed by atoms with Gasteiger partial charge < -0.3 is 9.42 Å². The Bertz CT molecular complexity index is 955. The fourth-order valence-corrected chi connectivity index (χ4v) is 3.77. The van der Waals surface area contributed by atoms with Crippen LogP contribution in [-0.2, 0) is 13.5 Å². The Balaban J connectivity index is 1.45. The number of amides is 1. The topological polar surface area (TPSA) is 77.0 Å². The minimum absolute atomic E-state index is 0.0584. The molecule has 0 unspecified atom stereocenters. The number of hydrogen-bond acceptors (Lipinski definition) is 5. The number of carbonyl (C=O) groups excluding carboxylic acids is 1. The quantitative estimate of drug-likeness (QED) is 0.710. The van der Waals surface area contributed by atoms with E-state index < -0.39 is 0 Å². The summed E-state index contributed by atoms with van der Waals surface area (Å²) in [6.45, 7) is 5.37. The van der Waals surface area contributed by atoms with Gasteiger partial charge in [0.2, 0.25) is 0 Å². The maximum atomic E-state index is 12.6. The van der Waals surface area contributed by atoms with E-state index in [9.17, 15) is 4.79 Å². The van der Waals surface area contributed by atoms with Gasteiger partial charge >= 0.3 is 0 Å². The molecule has 3 aromatic heterocycles. The standard InChI is InChI=1S/C20H23N5O2/c1-13-19(14(2)27-23-13)18-6-4-5-17(22-18)9-15-7-8-25(11-15)20(26)16-10-21-24(3)12-16/h4-6,10,12,15H,7-9,11H2,1-3H3/t15-/m0/s1. The molecule has 0 saturated carbocycles. The van der Waals surface area contributed by atoms with Crippen molar-refractivity contribution in [3.05, 3.63) is 53.3 Å². The Morgan fingerprint density at radius 3 is 2.89 bits per heavy atom. The molecule has 3 aromatic rings. The summed E-state index contributed by atoms with van der Waals surface area (Å²) in [6.07, 6.45) is 5.24. The van der Waals surface area contributed by atoms with Gasteiger partial charge in [-0.05, 0) is 44.7 Å². The van der Waals surface area contributed by atoms with Crippen molar-refractivity contribution in [3.63, 3.8) is 0 Å². The summed E-state index contributed by atoms with van der Waals surface area (Å²) >= 11 is 0. The number of nitrogens with zero attached hydrogens (tertiary/aromatic N) is 5. The van der Waals surface area contributed by atoms with Crippen molar-refractivity contribution in [1.82, 2.24) is 24.8 Å². The fraction of sp³-hybridized carbons (Fsp3) is 0.400. The van der Waals surface area contributed by atoms with Crippen LogP contribution in [0.5, 0.6) is 0 Å². The van der Waals surface area contributed by atoms with Crippen molar-refractivity contribution >= 4 is 5.91 Å². The molecular weight excluding hydrogens is 342 g/mol. The monoisotopic (exact) mass is 365 g/mol. The maximum Gasteiger partial charge on any atom is 0.257 e. The van der Waals surface area contributed by atoms with Crippen molar-refractivity contribution in [3.8, 4) is 11.3 Å². The van der Waals surface area contributed by atoms with Gasteiger partial charge in [0, 0.05) is 32.0 Å². The third-order valence-electron chi connectivity index (χ3n) is 5.12. The Labute approximate surface area is 158 Å². The second-order valence-electron chi connectivity index (χ2n) is 7.23. The zero-order chi connectivity index (χ0) is 19.0. The molecule has 27 heavy (non-hydrogen) atoms. The highest BCUT2D eigenvalue weighted by Crippen LogP contribution is 2.27. The molecule has 1 aliphatic rings. The van der Waals surface area contributed by atoms with E-state index in [0.717, 1.165) is 54.3 Å². The number of hydrogen-bond donors (Lipinski definition) is 0. The number of pyridine rings is 1. The second kappa shape index (κ2) is 6.98. The molecule has 140 valence electrons. The Hall–Kier alpha value is -2.96. The minimum atomic E-state index is 0.0584. The molecule has 0 aromatic carbocycles. The number of rotatable bonds is 4. The van der Waals surface area contributed by atoms with E-state index in [1.54, 1.807) is 17.1 Å². The first-order valence-electron chi connectivity index (χ1n) is 9.18. The van der Waals surface area contributed by atoms with Crippen LogP contribution in [0.4, 0.5) is 0 Å². The molecule has 1 aliphatic heterocycles.